The monoisotopic (exact) mass is 219 g/mol. The lowest BCUT2D eigenvalue weighted by molar-refractivity contribution is 0.991. The van der Waals surface area contributed by atoms with Gasteiger partial charge < -0.3 is 0 Å². The van der Waals surface area contributed by atoms with Crippen LogP contribution in [0.25, 0.3) is 0 Å². The first-order valence-corrected chi connectivity index (χ1v) is 6.02. The van der Waals surface area contributed by atoms with E-state index in [1.54, 1.807) is 0 Å². The van der Waals surface area contributed by atoms with Crippen molar-refractivity contribution >= 4 is 0 Å². The molecular formula is C17H15. The van der Waals surface area contributed by atoms with Crippen LogP contribution in [0.5, 0.6) is 0 Å². The van der Waals surface area contributed by atoms with Crippen LogP contribution in [0.15, 0.2) is 55.1 Å². The van der Waals surface area contributed by atoms with E-state index in [0.29, 0.717) is 0 Å². The highest BCUT2D eigenvalue weighted by atomic mass is 14.2. The number of benzene rings is 2. The van der Waals surface area contributed by atoms with Gasteiger partial charge in [-0.25, -0.2) is 0 Å². The molecular weight excluding hydrogens is 204 g/mol. The maximum atomic E-state index is 3.79. The van der Waals surface area contributed by atoms with E-state index in [1.165, 1.54) is 27.8 Å². The molecule has 0 saturated heterocycles. The molecule has 0 fully saturated rings. The fraction of sp³-hybridized carbons (Fsp3) is 0.118. The Labute approximate surface area is 103 Å². The van der Waals surface area contributed by atoms with Gasteiger partial charge in [-0.05, 0) is 40.7 Å². The molecule has 1 radical (unpaired) electrons. The van der Waals surface area contributed by atoms with Gasteiger partial charge in [0.05, 0.1) is 0 Å². The smallest absolute Gasteiger partial charge is 0.0122 e. The van der Waals surface area contributed by atoms with Gasteiger partial charge in [-0.2, -0.15) is 0 Å². The van der Waals surface area contributed by atoms with Crippen molar-refractivity contribution in [1.29, 1.82) is 0 Å². The van der Waals surface area contributed by atoms with Gasteiger partial charge in [-0.1, -0.05) is 48.5 Å². The molecule has 83 valence electrons. The Hall–Kier alpha value is -1.82. The van der Waals surface area contributed by atoms with Crippen LogP contribution in [0.2, 0.25) is 0 Å². The minimum atomic E-state index is 1.05. The summed E-state index contributed by atoms with van der Waals surface area (Å²) in [7, 11) is 0. The molecule has 17 heavy (non-hydrogen) atoms. The highest BCUT2D eigenvalue weighted by Gasteiger charge is 2.16. The number of fused-ring (bicyclic) bond motifs is 2. The first-order chi connectivity index (χ1) is 8.38. The maximum absolute atomic E-state index is 3.79. The number of hydrogen-bond donors (Lipinski definition) is 0. The van der Waals surface area contributed by atoms with Crippen molar-refractivity contribution in [3.8, 4) is 0 Å². The predicted molar refractivity (Wildman–Crippen MR) is 72.1 cm³/mol. The van der Waals surface area contributed by atoms with Crippen molar-refractivity contribution < 1.29 is 0 Å². The molecule has 0 unspecified atom stereocenters. The molecule has 0 amide bonds. The first kappa shape index (κ1) is 10.3. The van der Waals surface area contributed by atoms with E-state index in [2.05, 4.69) is 55.5 Å². The minimum absolute atomic E-state index is 1.05. The summed E-state index contributed by atoms with van der Waals surface area (Å²) < 4.78 is 0. The molecule has 1 aliphatic carbocycles. The van der Waals surface area contributed by atoms with E-state index >= 15 is 0 Å². The Morgan fingerprint density at radius 3 is 2.29 bits per heavy atom. The van der Waals surface area contributed by atoms with E-state index < -0.39 is 0 Å². The third-order valence-electron chi connectivity index (χ3n) is 3.47. The second kappa shape index (κ2) is 4.21. The summed E-state index contributed by atoms with van der Waals surface area (Å²) in [5.74, 6) is 0. The Kier molecular flexibility index (Phi) is 2.56. The zero-order valence-corrected chi connectivity index (χ0v) is 9.82. The average Bonchev–Trinajstić information content (AvgIpc) is 2.37. The zero-order chi connectivity index (χ0) is 11.7. The summed E-state index contributed by atoms with van der Waals surface area (Å²) >= 11 is 0. The van der Waals surface area contributed by atoms with E-state index in [1.807, 2.05) is 6.08 Å². The van der Waals surface area contributed by atoms with Gasteiger partial charge in [-0.15, -0.1) is 6.58 Å². The summed E-state index contributed by atoms with van der Waals surface area (Å²) in [5.41, 5.74) is 7.16. The molecule has 3 rings (SSSR count). The van der Waals surface area contributed by atoms with E-state index in [4.69, 9.17) is 0 Å². The van der Waals surface area contributed by atoms with E-state index in [0.717, 1.165) is 12.8 Å². The third-order valence-corrected chi connectivity index (χ3v) is 3.47. The van der Waals surface area contributed by atoms with Crippen molar-refractivity contribution in [3.63, 3.8) is 0 Å². The van der Waals surface area contributed by atoms with Crippen LogP contribution in [-0.4, -0.2) is 0 Å². The molecule has 0 aromatic heterocycles. The Morgan fingerprint density at radius 1 is 0.824 bits per heavy atom. The quantitative estimate of drug-likeness (QED) is 0.613. The lowest BCUT2D eigenvalue weighted by Gasteiger charge is -2.21. The molecule has 0 nitrogen and oxygen atoms in total. The van der Waals surface area contributed by atoms with Crippen molar-refractivity contribution in [3.05, 3.63) is 89.4 Å². The number of allylic oxidation sites excluding steroid dienone is 1. The second-order valence-corrected chi connectivity index (χ2v) is 4.51. The zero-order valence-electron chi connectivity index (χ0n) is 9.82. The van der Waals surface area contributed by atoms with Crippen LogP contribution in [0, 0.1) is 6.42 Å². The highest BCUT2D eigenvalue weighted by molar-refractivity contribution is 5.50. The summed E-state index contributed by atoms with van der Waals surface area (Å²) in [6.07, 6.45) is 6.08. The summed E-state index contributed by atoms with van der Waals surface area (Å²) in [6, 6.07) is 15.3. The summed E-state index contributed by atoms with van der Waals surface area (Å²) in [5, 5.41) is 0. The van der Waals surface area contributed by atoms with Crippen LogP contribution in [0.4, 0.5) is 0 Å². The molecule has 0 heteroatoms. The maximum Gasteiger partial charge on any atom is 0.0122 e. The molecule has 0 atom stereocenters. The van der Waals surface area contributed by atoms with Crippen molar-refractivity contribution in [1.82, 2.24) is 0 Å². The summed E-state index contributed by atoms with van der Waals surface area (Å²) in [4.78, 5) is 0. The standard InChI is InChI=1S/C17H15/c1-2-6-13-9-5-10-16-11-14-7-3-4-8-15(14)12-17(13)16/h2-10H,1,11-12H2. The van der Waals surface area contributed by atoms with Gasteiger partial charge in [-0.3, -0.25) is 0 Å². The largest absolute Gasteiger partial charge is 0.102 e. The van der Waals surface area contributed by atoms with Gasteiger partial charge in [0, 0.05) is 6.42 Å². The first-order valence-electron chi connectivity index (χ1n) is 6.02. The fourth-order valence-electron chi connectivity index (χ4n) is 2.62. The van der Waals surface area contributed by atoms with Crippen molar-refractivity contribution in [2.45, 2.75) is 12.8 Å². The van der Waals surface area contributed by atoms with Crippen LogP contribution in [0.3, 0.4) is 0 Å². The van der Waals surface area contributed by atoms with Gasteiger partial charge in [0.2, 0.25) is 0 Å². The van der Waals surface area contributed by atoms with Crippen LogP contribution in [0.1, 0.15) is 27.8 Å². The number of rotatable bonds is 2. The molecule has 0 aliphatic heterocycles. The van der Waals surface area contributed by atoms with Gasteiger partial charge in [0.1, 0.15) is 0 Å². The van der Waals surface area contributed by atoms with Crippen molar-refractivity contribution in [2.75, 3.05) is 0 Å². The van der Waals surface area contributed by atoms with E-state index in [-0.39, 0.29) is 0 Å². The highest BCUT2D eigenvalue weighted by Crippen LogP contribution is 2.29. The average molecular weight is 219 g/mol. The molecule has 0 saturated carbocycles. The van der Waals surface area contributed by atoms with Crippen LogP contribution in [-0.2, 0) is 12.8 Å². The summed E-state index contributed by atoms with van der Waals surface area (Å²) in [6.45, 7) is 3.79. The lowest BCUT2D eigenvalue weighted by Crippen LogP contribution is -2.09. The molecule has 0 N–H and O–H groups in total. The van der Waals surface area contributed by atoms with Gasteiger partial charge >= 0.3 is 0 Å². The molecule has 1 aliphatic rings. The Bertz CT molecular complexity index is 564. The predicted octanol–water partition coefficient (Wildman–Crippen LogP) is 3.92. The molecule has 0 heterocycles. The lowest BCUT2D eigenvalue weighted by atomic mass is 9.83. The normalized spacial score (nSPS) is 12.7. The Balaban J connectivity index is 2.08. The molecule has 0 spiro atoms. The molecule has 2 aromatic rings. The molecule has 2 aromatic carbocycles. The topological polar surface area (TPSA) is 0 Å². The Morgan fingerprint density at radius 2 is 1.53 bits per heavy atom. The van der Waals surface area contributed by atoms with E-state index in [9.17, 15) is 0 Å². The fourth-order valence-corrected chi connectivity index (χ4v) is 2.62. The van der Waals surface area contributed by atoms with Gasteiger partial charge in [0.25, 0.3) is 0 Å². The second-order valence-electron chi connectivity index (χ2n) is 4.51. The van der Waals surface area contributed by atoms with Crippen molar-refractivity contribution in [2.24, 2.45) is 0 Å². The van der Waals surface area contributed by atoms with Crippen LogP contribution < -0.4 is 0 Å². The SMILES string of the molecule is C=C[CH]c1cccc2c1Cc1ccccc1C2. The minimum Gasteiger partial charge on any atom is -0.102 e. The third kappa shape index (κ3) is 1.80. The van der Waals surface area contributed by atoms with Gasteiger partial charge in [0.15, 0.2) is 0 Å². The molecule has 0 bridgehead atoms. The van der Waals surface area contributed by atoms with Crippen LogP contribution >= 0.6 is 0 Å². The number of hydrogen-bond acceptors (Lipinski definition) is 0.